The van der Waals surface area contributed by atoms with Crippen LogP contribution in [-0.4, -0.2) is 11.7 Å². The van der Waals surface area contributed by atoms with Crippen molar-refractivity contribution >= 4 is 17.4 Å². The standard InChI is InChI=1S/C21H16FNO2/c1-14-7-12-18(22)13-19(14)23-21(25)17-10-8-16(9-11-17)20(24)15-5-3-2-4-6-15/h2-13H,1H3,(H,23,25). The maximum Gasteiger partial charge on any atom is 0.255 e. The van der Waals surface area contributed by atoms with Crippen LogP contribution in [0.5, 0.6) is 0 Å². The first-order chi connectivity index (χ1) is 12.0. The van der Waals surface area contributed by atoms with E-state index in [-0.39, 0.29) is 11.7 Å². The van der Waals surface area contributed by atoms with Gasteiger partial charge < -0.3 is 5.32 Å². The second-order valence-corrected chi connectivity index (χ2v) is 5.69. The maximum atomic E-state index is 13.3. The highest BCUT2D eigenvalue weighted by Gasteiger charge is 2.12. The zero-order chi connectivity index (χ0) is 17.8. The molecule has 0 aromatic heterocycles. The molecule has 3 aromatic rings. The van der Waals surface area contributed by atoms with E-state index in [0.29, 0.717) is 22.4 Å². The van der Waals surface area contributed by atoms with Gasteiger partial charge in [-0.3, -0.25) is 9.59 Å². The molecule has 0 spiro atoms. The normalized spacial score (nSPS) is 10.3. The molecule has 1 N–H and O–H groups in total. The molecule has 0 radical (unpaired) electrons. The number of halogens is 1. The monoisotopic (exact) mass is 333 g/mol. The van der Waals surface area contributed by atoms with Gasteiger partial charge in [0.2, 0.25) is 0 Å². The van der Waals surface area contributed by atoms with Crippen LogP contribution >= 0.6 is 0 Å². The first-order valence-corrected chi connectivity index (χ1v) is 7.82. The third-order valence-corrected chi connectivity index (χ3v) is 3.89. The summed E-state index contributed by atoms with van der Waals surface area (Å²) in [5.74, 6) is -0.870. The van der Waals surface area contributed by atoms with Crippen LogP contribution in [0, 0.1) is 12.7 Å². The van der Waals surface area contributed by atoms with E-state index >= 15 is 0 Å². The van der Waals surface area contributed by atoms with Crippen molar-refractivity contribution in [3.05, 3.63) is 101 Å². The summed E-state index contributed by atoms with van der Waals surface area (Å²) in [4.78, 5) is 24.7. The Morgan fingerprint density at radius 3 is 2.08 bits per heavy atom. The number of aryl methyl sites for hydroxylation is 1. The van der Waals surface area contributed by atoms with Gasteiger partial charge in [0.25, 0.3) is 5.91 Å². The molecule has 124 valence electrons. The average molecular weight is 333 g/mol. The van der Waals surface area contributed by atoms with E-state index in [9.17, 15) is 14.0 Å². The molecule has 0 aliphatic heterocycles. The summed E-state index contributed by atoms with van der Waals surface area (Å²) < 4.78 is 13.3. The molecule has 3 rings (SSSR count). The smallest absolute Gasteiger partial charge is 0.255 e. The lowest BCUT2D eigenvalue weighted by atomic mass is 10.0. The zero-order valence-corrected chi connectivity index (χ0v) is 13.6. The van der Waals surface area contributed by atoms with Gasteiger partial charge in [-0.05, 0) is 36.8 Å². The van der Waals surface area contributed by atoms with Crippen molar-refractivity contribution < 1.29 is 14.0 Å². The SMILES string of the molecule is Cc1ccc(F)cc1NC(=O)c1ccc(C(=O)c2ccccc2)cc1. The molecule has 0 saturated carbocycles. The summed E-state index contributed by atoms with van der Waals surface area (Å²) in [7, 11) is 0. The molecule has 1 amide bonds. The van der Waals surface area contributed by atoms with Crippen molar-refractivity contribution in [1.82, 2.24) is 0 Å². The average Bonchev–Trinajstić information content (AvgIpc) is 2.65. The number of hydrogen-bond acceptors (Lipinski definition) is 2. The quantitative estimate of drug-likeness (QED) is 0.708. The summed E-state index contributed by atoms with van der Waals surface area (Å²) >= 11 is 0. The van der Waals surface area contributed by atoms with E-state index in [1.165, 1.54) is 12.1 Å². The number of amides is 1. The lowest BCUT2D eigenvalue weighted by molar-refractivity contribution is 0.102. The summed E-state index contributed by atoms with van der Waals surface area (Å²) in [6, 6.07) is 19.6. The second-order valence-electron chi connectivity index (χ2n) is 5.69. The molecular formula is C21H16FNO2. The van der Waals surface area contributed by atoms with Gasteiger partial charge in [-0.1, -0.05) is 48.5 Å². The van der Waals surface area contributed by atoms with Crippen LogP contribution < -0.4 is 5.32 Å². The van der Waals surface area contributed by atoms with Crippen LogP contribution in [0.2, 0.25) is 0 Å². The molecule has 0 unspecified atom stereocenters. The summed E-state index contributed by atoms with van der Waals surface area (Å²) in [6.07, 6.45) is 0. The Balaban J connectivity index is 1.77. The fraction of sp³-hybridized carbons (Fsp3) is 0.0476. The van der Waals surface area contributed by atoms with Gasteiger partial charge in [0.05, 0.1) is 0 Å². The first-order valence-electron chi connectivity index (χ1n) is 7.82. The van der Waals surface area contributed by atoms with Gasteiger partial charge in [0, 0.05) is 22.4 Å². The molecular weight excluding hydrogens is 317 g/mol. The van der Waals surface area contributed by atoms with E-state index in [0.717, 1.165) is 5.56 Å². The number of carbonyl (C=O) groups excluding carboxylic acids is 2. The Morgan fingerprint density at radius 1 is 0.800 bits per heavy atom. The van der Waals surface area contributed by atoms with Crippen LogP contribution in [0.4, 0.5) is 10.1 Å². The number of hydrogen-bond donors (Lipinski definition) is 1. The topological polar surface area (TPSA) is 46.2 Å². The van der Waals surface area contributed by atoms with E-state index in [1.54, 1.807) is 61.5 Å². The fourth-order valence-electron chi connectivity index (χ4n) is 2.45. The Bertz CT molecular complexity index is 918. The van der Waals surface area contributed by atoms with E-state index in [4.69, 9.17) is 0 Å². The third kappa shape index (κ3) is 3.80. The van der Waals surface area contributed by atoms with Crippen molar-refractivity contribution in [2.24, 2.45) is 0 Å². The molecule has 0 fully saturated rings. The lowest BCUT2D eigenvalue weighted by Crippen LogP contribution is -2.13. The maximum absolute atomic E-state index is 13.3. The van der Waals surface area contributed by atoms with Crippen molar-refractivity contribution in [2.45, 2.75) is 6.92 Å². The molecule has 0 aliphatic rings. The Morgan fingerprint density at radius 2 is 1.40 bits per heavy atom. The highest BCUT2D eigenvalue weighted by Crippen LogP contribution is 2.18. The van der Waals surface area contributed by atoms with Crippen molar-refractivity contribution in [3.8, 4) is 0 Å². The molecule has 0 heterocycles. The number of benzene rings is 3. The second kappa shape index (κ2) is 7.09. The minimum atomic E-state index is -0.412. The zero-order valence-electron chi connectivity index (χ0n) is 13.6. The van der Waals surface area contributed by atoms with E-state index < -0.39 is 5.82 Å². The summed E-state index contributed by atoms with van der Waals surface area (Å²) in [5, 5.41) is 2.68. The third-order valence-electron chi connectivity index (χ3n) is 3.89. The van der Waals surface area contributed by atoms with Crippen molar-refractivity contribution in [3.63, 3.8) is 0 Å². The van der Waals surface area contributed by atoms with Crippen molar-refractivity contribution in [2.75, 3.05) is 5.32 Å². The molecule has 0 saturated heterocycles. The highest BCUT2D eigenvalue weighted by atomic mass is 19.1. The van der Waals surface area contributed by atoms with E-state index in [2.05, 4.69) is 5.32 Å². The summed E-state index contributed by atoms with van der Waals surface area (Å²) in [5.41, 5.74) is 2.69. The van der Waals surface area contributed by atoms with Gasteiger partial charge >= 0.3 is 0 Å². The lowest BCUT2D eigenvalue weighted by Gasteiger charge is -2.09. The van der Waals surface area contributed by atoms with Gasteiger partial charge in [0.1, 0.15) is 5.82 Å². The molecule has 0 aliphatic carbocycles. The van der Waals surface area contributed by atoms with Gasteiger partial charge in [-0.2, -0.15) is 0 Å². The fourth-order valence-corrected chi connectivity index (χ4v) is 2.45. The molecule has 25 heavy (non-hydrogen) atoms. The number of rotatable bonds is 4. The first kappa shape index (κ1) is 16.6. The molecule has 3 nitrogen and oxygen atoms in total. The number of anilines is 1. The molecule has 0 atom stereocenters. The molecule has 3 aromatic carbocycles. The summed E-state index contributed by atoms with van der Waals surface area (Å²) in [6.45, 7) is 1.79. The minimum absolute atomic E-state index is 0.103. The minimum Gasteiger partial charge on any atom is -0.322 e. The number of nitrogens with one attached hydrogen (secondary N) is 1. The largest absolute Gasteiger partial charge is 0.322 e. The van der Waals surface area contributed by atoms with E-state index in [1.807, 2.05) is 6.07 Å². The van der Waals surface area contributed by atoms with Crippen LogP contribution in [0.15, 0.2) is 72.8 Å². The molecule has 4 heteroatoms. The van der Waals surface area contributed by atoms with Gasteiger partial charge in [0.15, 0.2) is 5.78 Å². The van der Waals surface area contributed by atoms with Crippen LogP contribution in [0.1, 0.15) is 31.8 Å². The number of carbonyl (C=O) groups is 2. The van der Waals surface area contributed by atoms with Gasteiger partial charge in [-0.15, -0.1) is 0 Å². The Labute approximate surface area is 145 Å². The predicted octanol–water partition coefficient (Wildman–Crippen LogP) is 4.62. The van der Waals surface area contributed by atoms with Crippen molar-refractivity contribution in [1.29, 1.82) is 0 Å². The predicted molar refractivity (Wildman–Crippen MR) is 95.4 cm³/mol. The molecule has 0 bridgehead atoms. The Kier molecular flexibility index (Phi) is 4.70. The van der Waals surface area contributed by atoms with Crippen LogP contribution in [0.25, 0.3) is 0 Å². The highest BCUT2D eigenvalue weighted by molar-refractivity contribution is 6.10. The Hall–Kier alpha value is -3.27. The van der Waals surface area contributed by atoms with Crippen LogP contribution in [0.3, 0.4) is 0 Å². The van der Waals surface area contributed by atoms with Gasteiger partial charge in [-0.25, -0.2) is 4.39 Å². The number of ketones is 1. The van der Waals surface area contributed by atoms with Crippen LogP contribution in [-0.2, 0) is 0 Å².